The van der Waals surface area contributed by atoms with Gasteiger partial charge in [0.15, 0.2) is 0 Å². The van der Waals surface area contributed by atoms with Crippen molar-refractivity contribution < 1.29 is 9.47 Å². The number of nitrogens with zero attached hydrogens (tertiary/aromatic N) is 6. The SMILES string of the molecule is CCN(CC)c1nc(N(CC)CC)nc(N(COC)COC)n1. The Hall–Kier alpha value is -1.67. The first-order chi connectivity index (χ1) is 11.1. The molecule has 0 radical (unpaired) electrons. The maximum absolute atomic E-state index is 5.24. The molecule has 23 heavy (non-hydrogen) atoms. The molecule has 0 aromatic carbocycles. The molecular weight excluding hydrogens is 296 g/mol. The molecule has 0 spiro atoms. The van der Waals surface area contributed by atoms with E-state index in [0.29, 0.717) is 31.3 Å². The number of hydrogen-bond donors (Lipinski definition) is 0. The Morgan fingerprint density at radius 2 is 0.913 bits per heavy atom. The van der Waals surface area contributed by atoms with Gasteiger partial charge in [-0.3, -0.25) is 4.90 Å². The minimum atomic E-state index is 0.354. The van der Waals surface area contributed by atoms with Crippen molar-refractivity contribution in [1.82, 2.24) is 15.0 Å². The second-order valence-electron chi connectivity index (χ2n) is 4.96. The summed E-state index contributed by atoms with van der Waals surface area (Å²) in [6.07, 6.45) is 0. The first-order valence-corrected chi connectivity index (χ1v) is 8.13. The zero-order chi connectivity index (χ0) is 17.2. The van der Waals surface area contributed by atoms with E-state index in [1.807, 2.05) is 4.90 Å². The molecule has 0 saturated heterocycles. The van der Waals surface area contributed by atoms with E-state index in [9.17, 15) is 0 Å². The lowest BCUT2D eigenvalue weighted by atomic mass is 10.5. The van der Waals surface area contributed by atoms with Gasteiger partial charge in [-0.25, -0.2) is 0 Å². The predicted molar refractivity (Wildman–Crippen MR) is 93.2 cm³/mol. The van der Waals surface area contributed by atoms with Crippen LogP contribution in [0.2, 0.25) is 0 Å². The minimum absolute atomic E-state index is 0.354. The van der Waals surface area contributed by atoms with Crippen molar-refractivity contribution in [2.45, 2.75) is 27.7 Å². The minimum Gasteiger partial charge on any atom is -0.364 e. The third-order valence-corrected chi connectivity index (χ3v) is 3.55. The highest BCUT2D eigenvalue weighted by molar-refractivity contribution is 5.46. The summed E-state index contributed by atoms with van der Waals surface area (Å²) in [5.41, 5.74) is 0. The van der Waals surface area contributed by atoms with Crippen LogP contribution in [0.5, 0.6) is 0 Å². The van der Waals surface area contributed by atoms with Gasteiger partial charge in [0.25, 0.3) is 0 Å². The number of methoxy groups -OCH3 is 2. The Bertz CT molecular complexity index is 415. The molecule has 0 unspecified atom stereocenters. The van der Waals surface area contributed by atoms with Crippen LogP contribution in [0.4, 0.5) is 17.8 Å². The summed E-state index contributed by atoms with van der Waals surface area (Å²) in [6, 6.07) is 0. The highest BCUT2D eigenvalue weighted by atomic mass is 16.5. The fourth-order valence-electron chi connectivity index (χ4n) is 2.24. The lowest BCUT2D eigenvalue weighted by Crippen LogP contribution is -2.33. The number of aromatic nitrogens is 3. The summed E-state index contributed by atoms with van der Waals surface area (Å²) in [4.78, 5) is 19.9. The Morgan fingerprint density at radius 3 is 1.17 bits per heavy atom. The maximum Gasteiger partial charge on any atom is 0.235 e. The van der Waals surface area contributed by atoms with E-state index < -0.39 is 0 Å². The summed E-state index contributed by atoms with van der Waals surface area (Å²) in [5, 5.41) is 0. The van der Waals surface area contributed by atoms with Crippen molar-refractivity contribution in [3.8, 4) is 0 Å². The zero-order valence-electron chi connectivity index (χ0n) is 15.2. The van der Waals surface area contributed by atoms with E-state index >= 15 is 0 Å². The van der Waals surface area contributed by atoms with Gasteiger partial charge in [0.05, 0.1) is 0 Å². The van der Waals surface area contributed by atoms with Crippen LogP contribution >= 0.6 is 0 Å². The third kappa shape index (κ3) is 5.18. The van der Waals surface area contributed by atoms with Crippen LogP contribution in [-0.2, 0) is 9.47 Å². The molecule has 0 bridgehead atoms. The normalized spacial score (nSPS) is 10.7. The maximum atomic E-state index is 5.24. The van der Waals surface area contributed by atoms with Crippen molar-refractivity contribution >= 4 is 17.8 Å². The van der Waals surface area contributed by atoms with Crippen molar-refractivity contribution in [1.29, 1.82) is 0 Å². The van der Waals surface area contributed by atoms with Gasteiger partial charge in [0.2, 0.25) is 17.8 Å². The van der Waals surface area contributed by atoms with E-state index in [1.54, 1.807) is 14.2 Å². The number of hydrogen-bond acceptors (Lipinski definition) is 8. The second kappa shape index (κ2) is 10.2. The van der Waals surface area contributed by atoms with E-state index in [4.69, 9.17) is 9.47 Å². The highest BCUT2D eigenvalue weighted by Gasteiger charge is 2.18. The van der Waals surface area contributed by atoms with Crippen LogP contribution in [0.15, 0.2) is 0 Å². The van der Waals surface area contributed by atoms with Gasteiger partial charge in [0, 0.05) is 40.4 Å². The lowest BCUT2D eigenvalue weighted by Gasteiger charge is -2.26. The van der Waals surface area contributed by atoms with Crippen LogP contribution in [0.3, 0.4) is 0 Å². The van der Waals surface area contributed by atoms with Crippen LogP contribution in [0.25, 0.3) is 0 Å². The molecule has 8 nitrogen and oxygen atoms in total. The Morgan fingerprint density at radius 1 is 0.609 bits per heavy atom. The van der Waals surface area contributed by atoms with E-state index in [-0.39, 0.29) is 0 Å². The van der Waals surface area contributed by atoms with Gasteiger partial charge in [0.1, 0.15) is 13.5 Å². The molecule has 0 aliphatic carbocycles. The summed E-state index contributed by atoms with van der Waals surface area (Å²) >= 11 is 0. The summed E-state index contributed by atoms with van der Waals surface area (Å²) in [5.74, 6) is 1.92. The Kier molecular flexibility index (Phi) is 8.57. The molecular formula is C15H30N6O2. The monoisotopic (exact) mass is 326 g/mol. The molecule has 1 heterocycles. The topological polar surface area (TPSA) is 66.9 Å². The average Bonchev–Trinajstić information content (AvgIpc) is 2.57. The van der Waals surface area contributed by atoms with Gasteiger partial charge in [-0.15, -0.1) is 0 Å². The van der Waals surface area contributed by atoms with Crippen molar-refractivity contribution in [3.05, 3.63) is 0 Å². The van der Waals surface area contributed by atoms with Gasteiger partial charge in [-0.2, -0.15) is 15.0 Å². The molecule has 0 aliphatic heterocycles. The van der Waals surface area contributed by atoms with Crippen LogP contribution in [0, 0.1) is 0 Å². The first kappa shape index (κ1) is 19.4. The number of anilines is 3. The molecule has 1 rings (SSSR count). The molecule has 132 valence electrons. The fourth-order valence-corrected chi connectivity index (χ4v) is 2.24. The zero-order valence-corrected chi connectivity index (χ0v) is 15.2. The summed E-state index contributed by atoms with van der Waals surface area (Å²) in [6.45, 7) is 12.4. The number of rotatable bonds is 11. The van der Waals surface area contributed by atoms with Crippen molar-refractivity contribution in [2.24, 2.45) is 0 Å². The smallest absolute Gasteiger partial charge is 0.235 e. The molecule has 1 aromatic rings. The molecule has 0 amide bonds. The summed E-state index contributed by atoms with van der Waals surface area (Å²) < 4.78 is 10.5. The highest BCUT2D eigenvalue weighted by Crippen LogP contribution is 2.19. The van der Waals surface area contributed by atoms with Crippen molar-refractivity contribution in [2.75, 3.05) is 68.6 Å². The quantitative estimate of drug-likeness (QED) is 0.568. The van der Waals surface area contributed by atoms with Crippen LogP contribution in [0.1, 0.15) is 27.7 Å². The van der Waals surface area contributed by atoms with Gasteiger partial charge < -0.3 is 19.3 Å². The molecule has 0 fully saturated rings. The first-order valence-electron chi connectivity index (χ1n) is 8.13. The van der Waals surface area contributed by atoms with Crippen LogP contribution < -0.4 is 14.7 Å². The predicted octanol–water partition coefficient (Wildman–Crippen LogP) is 1.58. The van der Waals surface area contributed by atoms with Crippen molar-refractivity contribution in [3.63, 3.8) is 0 Å². The molecule has 0 aliphatic rings. The fraction of sp³-hybridized carbons (Fsp3) is 0.800. The molecule has 8 heteroatoms. The molecule has 0 N–H and O–H groups in total. The molecule has 0 atom stereocenters. The Labute approximate surface area is 139 Å². The van der Waals surface area contributed by atoms with E-state index in [0.717, 1.165) is 26.2 Å². The second-order valence-corrected chi connectivity index (χ2v) is 4.96. The summed E-state index contributed by atoms with van der Waals surface area (Å²) in [7, 11) is 3.28. The molecule has 1 aromatic heterocycles. The van der Waals surface area contributed by atoms with Crippen LogP contribution in [-0.4, -0.2) is 68.8 Å². The number of ether oxygens (including phenoxy) is 2. The van der Waals surface area contributed by atoms with E-state index in [2.05, 4.69) is 52.4 Å². The van der Waals surface area contributed by atoms with Gasteiger partial charge in [-0.1, -0.05) is 0 Å². The van der Waals surface area contributed by atoms with Gasteiger partial charge in [-0.05, 0) is 27.7 Å². The average molecular weight is 326 g/mol. The van der Waals surface area contributed by atoms with Gasteiger partial charge >= 0.3 is 0 Å². The largest absolute Gasteiger partial charge is 0.364 e. The van der Waals surface area contributed by atoms with E-state index in [1.165, 1.54) is 0 Å². The standard InChI is InChI=1S/C15H30N6O2/c1-7-19(8-2)13-16-14(20(9-3)10-4)18-15(17-13)21(11-22-5)12-23-6/h7-12H2,1-6H3. The Balaban J connectivity index is 3.31. The third-order valence-electron chi connectivity index (χ3n) is 3.55. The lowest BCUT2D eigenvalue weighted by molar-refractivity contribution is 0.139. The molecule has 0 saturated carbocycles.